The van der Waals surface area contributed by atoms with Crippen LogP contribution >= 0.6 is 0 Å². The average Bonchev–Trinajstić information content (AvgIpc) is 2.42. The maximum absolute atomic E-state index is 6.07. The summed E-state index contributed by atoms with van der Waals surface area (Å²) in [6, 6.07) is 0.669. The van der Waals surface area contributed by atoms with E-state index < -0.39 is 26.2 Å². The summed E-state index contributed by atoms with van der Waals surface area (Å²) >= 11 is 0. The summed E-state index contributed by atoms with van der Waals surface area (Å²) in [5.41, 5.74) is 1.58. The Labute approximate surface area is 119 Å². The SMILES string of the molecule is C=C[Si](OC)(OC)O[Si](C)(C)O[Si](CC)(OC)OC. The molecule has 0 aromatic rings. The first kappa shape index (κ1) is 19.2. The second-order valence-corrected chi connectivity index (χ2v) is 14.0. The fourth-order valence-electron chi connectivity index (χ4n) is 1.64. The standard InChI is InChI=1S/C10H26O6Si3/c1-9-18(11-3,12-4)15-17(7,8)16-19(10-2,13-5)14-6/h9H,1,10H2,2-8H3. The van der Waals surface area contributed by atoms with E-state index in [1.165, 1.54) is 0 Å². The van der Waals surface area contributed by atoms with Crippen LogP contribution in [0.15, 0.2) is 12.3 Å². The van der Waals surface area contributed by atoms with Crippen LogP contribution in [0.3, 0.4) is 0 Å². The van der Waals surface area contributed by atoms with Crippen molar-refractivity contribution in [2.45, 2.75) is 26.1 Å². The maximum Gasteiger partial charge on any atom is 0.519 e. The molecule has 0 heterocycles. The Morgan fingerprint density at radius 2 is 1.37 bits per heavy atom. The molecule has 0 rings (SSSR count). The second-order valence-electron chi connectivity index (χ2n) is 4.26. The lowest BCUT2D eigenvalue weighted by atomic mass is 11.0. The van der Waals surface area contributed by atoms with Crippen LogP contribution < -0.4 is 0 Å². The first-order chi connectivity index (χ1) is 8.78. The Morgan fingerprint density at radius 3 is 1.63 bits per heavy atom. The van der Waals surface area contributed by atoms with Crippen molar-refractivity contribution >= 4 is 26.2 Å². The highest BCUT2D eigenvalue weighted by atomic mass is 28.5. The molecule has 0 saturated carbocycles. The number of rotatable bonds is 10. The molecule has 0 amide bonds. The van der Waals surface area contributed by atoms with E-state index in [2.05, 4.69) is 6.58 Å². The molecule has 0 radical (unpaired) electrons. The van der Waals surface area contributed by atoms with Crippen molar-refractivity contribution in [3.05, 3.63) is 12.3 Å². The van der Waals surface area contributed by atoms with Crippen LogP contribution in [-0.4, -0.2) is 54.6 Å². The molecule has 6 nitrogen and oxygen atoms in total. The van der Waals surface area contributed by atoms with Gasteiger partial charge in [0.15, 0.2) is 0 Å². The maximum atomic E-state index is 6.07. The van der Waals surface area contributed by atoms with Crippen LogP contribution in [0, 0.1) is 0 Å². The summed E-state index contributed by atoms with van der Waals surface area (Å²) < 4.78 is 33.7. The van der Waals surface area contributed by atoms with Crippen molar-refractivity contribution in [1.29, 1.82) is 0 Å². The molecule has 0 spiro atoms. The largest absolute Gasteiger partial charge is 0.519 e. The lowest BCUT2D eigenvalue weighted by Crippen LogP contribution is -2.58. The van der Waals surface area contributed by atoms with E-state index in [0.29, 0.717) is 6.04 Å². The monoisotopic (exact) mass is 326 g/mol. The van der Waals surface area contributed by atoms with Gasteiger partial charge < -0.3 is 25.9 Å². The van der Waals surface area contributed by atoms with Crippen LogP contribution in [0.4, 0.5) is 0 Å². The molecule has 0 aliphatic carbocycles. The molecule has 0 aromatic heterocycles. The van der Waals surface area contributed by atoms with Crippen LogP contribution in [0.25, 0.3) is 0 Å². The van der Waals surface area contributed by atoms with Crippen LogP contribution in [0.5, 0.6) is 0 Å². The third-order valence-corrected chi connectivity index (χ3v) is 12.7. The lowest BCUT2D eigenvalue weighted by molar-refractivity contribution is 0.124. The Balaban J connectivity index is 5.01. The minimum Gasteiger partial charge on any atom is -0.394 e. The van der Waals surface area contributed by atoms with E-state index >= 15 is 0 Å². The summed E-state index contributed by atoms with van der Waals surface area (Å²) in [5.74, 6) is 0. The molecule has 0 bridgehead atoms. The van der Waals surface area contributed by atoms with Crippen LogP contribution in [0.2, 0.25) is 19.1 Å². The molecule has 0 aromatic carbocycles. The Kier molecular flexibility index (Phi) is 7.87. The molecule has 0 aliphatic rings. The molecule has 0 fully saturated rings. The fraction of sp³-hybridized carbons (Fsp3) is 0.800. The number of hydrogen-bond acceptors (Lipinski definition) is 6. The zero-order valence-electron chi connectivity index (χ0n) is 12.9. The predicted octanol–water partition coefficient (Wildman–Crippen LogP) is 1.93. The predicted molar refractivity (Wildman–Crippen MR) is 79.9 cm³/mol. The van der Waals surface area contributed by atoms with Gasteiger partial charge in [-0.1, -0.05) is 13.5 Å². The second kappa shape index (κ2) is 7.81. The molecule has 114 valence electrons. The smallest absolute Gasteiger partial charge is 0.394 e. The highest BCUT2D eigenvalue weighted by Crippen LogP contribution is 2.24. The first-order valence-electron chi connectivity index (χ1n) is 6.02. The van der Waals surface area contributed by atoms with Crippen LogP contribution in [-0.2, 0) is 25.9 Å². The van der Waals surface area contributed by atoms with Crippen molar-refractivity contribution in [1.82, 2.24) is 0 Å². The van der Waals surface area contributed by atoms with Gasteiger partial charge in [-0.15, -0.1) is 0 Å². The zero-order chi connectivity index (χ0) is 15.2. The van der Waals surface area contributed by atoms with Crippen molar-refractivity contribution in [2.24, 2.45) is 0 Å². The third-order valence-electron chi connectivity index (χ3n) is 2.66. The zero-order valence-corrected chi connectivity index (χ0v) is 15.9. The van der Waals surface area contributed by atoms with E-state index in [-0.39, 0.29) is 0 Å². The lowest BCUT2D eigenvalue weighted by Gasteiger charge is -2.37. The average molecular weight is 327 g/mol. The minimum absolute atomic E-state index is 0.669. The summed E-state index contributed by atoms with van der Waals surface area (Å²) in [6.45, 7) is 9.50. The van der Waals surface area contributed by atoms with E-state index in [1.54, 1.807) is 34.1 Å². The van der Waals surface area contributed by atoms with E-state index in [9.17, 15) is 0 Å². The molecule has 9 heteroatoms. The summed E-state index contributed by atoms with van der Waals surface area (Å²) in [6.07, 6.45) is 0. The molecular formula is C10H26O6Si3. The normalized spacial score (nSPS) is 13.6. The van der Waals surface area contributed by atoms with Gasteiger partial charge in [-0.05, 0) is 18.8 Å². The van der Waals surface area contributed by atoms with Gasteiger partial charge in [-0.2, -0.15) is 0 Å². The van der Waals surface area contributed by atoms with Gasteiger partial charge in [0, 0.05) is 34.5 Å². The molecule has 19 heavy (non-hydrogen) atoms. The Bertz CT molecular complexity index is 270. The summed E-state index contributed by atoms with van der Waals surface area (Å²) in [7, 11) is -1.84. The van der Waals surface area contributed by atoms with Crippen molar-refractivity contribution < 1.29 is 25.9 Å². The molecule has 0 aliphatic heterocycles. The Morgan fingerprint density at radius 1 is 0.895 bits per heavy atom. The summed E-state index contributed by atoms with van der Waals surface area (Å²) in [5, 5.41) is 0. The van der Waals surface area contributed by atoms with Gasteiger partial charge in [0.1, 0.15) is 0 Å². The highest BCUT2D eigenvalue weighted by Gasteiger charge is 2.49. The van der Waals surface area contributed by atoms with Crippen molar-refractivity contribution in [3.8, 4) is 0 Å². The minimum atomic E-state index is -2.88. The van der Waals surface area contributed by atoms with Gasteiger partial charge >= 0.3 is 26.2 Å². The highest BCUT2D eigenvalue weighted by molar-refractivity contribution is 6.84. The summed E-state index contributed by atoms with van der Waals surface area (Å²) in [4.78, 5) is 0. The third kappa shape index (κ3) is 5.21. The number of hydrogen-bond donors (Lipinski definition) is 0. The van der Waals surface area contributed by atoms with Crippen molar-refractivity contribution in [2.75, 3.05) is 28.4 Å². The van der Waals surface area contributed by atoms with E-state index in [1.807, 2.05) is 20.0 Å². The van der Waals surface area contributed by atoms with E-state index in [0.717, 1.165) is 0 Å². The topological polar surface area (TPSA) is 55.4 Å². The molecule has 0 unspecified atom stereocenters. The van der Waals surface area contributed by atoms with Gasteiger partial charge in [-0.25, -0.2) is 0 Å². The van der Waals surface area contributed by atoms with Gasteiger partial charge in [0.2, 0.25) is 0 Å². The quantitative estimate of drug-likeness (QED) is 0.572. The molecular weight excluding hydrogens is 300 g/mol. The van der Waals surface area contributed by atoms with Gasteiger partial charge in [-0.3, -0.25) is 0 Å². The van der Waals surface area contributed by atoms with Crippen LogP contribution in [0.1, 0.15) is 6.92 Å². The molecule has 0 atom stereocenters. The Hall–Kier alpha value is 0.151. The molecule has 0 saturated heterocycles. The van der Waals surface area contributed by atoms with Gasteiger partial charge in [0.05, 0.1) is 0 Å². The fourth-order valence-corrected chi connectivity index (χ4v) is 11.4. The van der Waals surface area contributed by atoms with E-state index in [4.69, 9.17) is 25.9 Å². The first-order valence-corrected chi connectivity index (χ1v) is 12.6. The van der Waals surface area contributed by atoms with Gasteiger partial charge in [0.25, 0.3) is 0 Å². The van der Waals surface area contributed by atoms with Crippen molar-refractivity contribution in [3.63, 3.8) is 0 Å². The molecule has 0 N–H and O–H groups in total.